The first-order valence-electron chi connectivity index (χ1n) is 2.79. The number of phenolic OH excluding ortho intramolecular Hbond substituents is 1. The molecule has 3 nitrogen and oxygen atoms in total. The van der Waals surface area contributed by atoms with E-state index in [0.29, 0.717) is 5.56 Å². The van der Waals surface area contributed by atoms with Gasteiger partial charge in [0.2, 0.25) is 0 Å². The van der Waals surface area contributed by atoms with Crippen molar-refractivity contribution in [2.45, 2.75) is 0 Å². The summed E-state index contributed by atoms with van der Waals surface area (Å²) in [5.74, 6) is -0.0787. The Bertz CT molecular complexity index is 240. The maximum atomic E-state index is 8.81. The SMILES string of the molecule is [NH]C(=N)c1ccc(O)cc1. The normalized spacial score (nSPS) is 9.20. The lowest BCUT2D eigenvalue weighted by molar-refractivity contribution is 0.475. The van der Waals surface area contributed by atoms with Crippen LogP contribution in [0.4, 0.5) is 0 Å². The Balaban J connectivity index is 3.00. The predicted molar refractivity (Wildman–Crippen MR) is 38.0 cm³/mol. The van der Waals surface area contributed by atoms with Crippen LogP contribution >= 0.6 is 0 Å². The lowest BCUT2D eigenvalue weighted by atomic mass is 10.2. The molecule has 0 heterocycles. The van der Waals surface area contributed by atoms with Gasteiger partial charge in [0.05, 0.1) is 0 Å². The van der Waals surface area contributed by atoms with Gasteiger partial charge >= 0.3 is 0 Å². The molecule has 0 fully saturated rings. The lowest BCUT2D eigenvalue weighted by Gasteiger charge is -1.94. The summed E-state index contributed by atoms with van der Waals surface area (Å²) in [6.45, 7) is 0. The van der Waals surface area contributed by atoms with Gasteiger partial charge in [-0.15, -0.1) is 0 Å². The molecule has 1 rings (SSSR count). The molecule has 0 spiro atoms. The summed E-state index contributed by atoms with van der Waals surface area (Å²) in [6, 6.07) is 5.98. The maximum Gasteiger partial charge on any atom is 0.144 e. The monoisotopic (exact) mass is 135 g/mol. The molecule has 0 unspecified atom stereocenters. The van der Waals surface area contributed by atoms with Crippen molar-refractivity contribution in [1.29, 1.82) is 5.41 Å². The van der Waals surface area contributed by atoms with Crippen LogP contribution in [0.2, 0.25) is 0 Å². The maximum absolute atomic E-state index is 8.81. The quantitative estimate of drug-likeness (QED) is 0.437. The van der Waals surface area contributed by atoms with E-state index in [9.17, 15) is 0 Å². The van der Waals surface area contributed by atoms with E-state index in [1.807, 2.05) is 0 Å². The summed E-state index contributed by atoms with van der Waals surface area (Å²) in [7, 11) is 0. The third-order valence-electron chi connectivity index (χ3n) is 1.16. The first-order valence-corrected chi connectivity index (χ1v) is 2.79. The molecule has 0 amide bonds. The molecule has 51 valence electrons. The van der Waals surface area contributed by atoms with Crippen molar-refractivity contribution >= 4 is 5.84 Å². The Morgan fingerprint density at radius 3 is 2.10 bits per heavy atom. The molecule has 10 heavy (non-hydrogen) atoms. The fourth-order valence-corrected chi connectivity index (χ4v) is 0.628. The van der Waals surface area contributed by atoms with Crippen molar-refractivity contribution in [3.8, 4) is 5.75 Å². The van der Waals surface area contributed by atoms with Crippen LogP contribution in [0.25, 0.3) is 0 Å². The van der Waals surface area contributed by atoms with Gasteiger partial charge < -0.3 is 5.11 Å². The molecule has 0 aliphatic rings. The van der Waals surface area contributed by atoms with E-state index in [2.05, 4.69) is 0 Å². The van der Waals surface area contributed by atoms with Crippen molar-refractivity contribution in [3.63, 3.8) is 0 Å². The van der Waals surface area contributed by atoms with Crippen LogP contribution in [0.5, 0.6) is 5.75 Å². The number of nitrogens with one attached hydrogen (secondary N) is 2. The van der Waals surface area contributed by atoms with Gasteiger partial charge in [-0.2, -0.15) is 0 Å². The first kappa shape index (κ1) is 6.61. The average molecular weight is 135 g/mol. The fourth-order valence-electron chi connectivity index (χ4n) is 0.628. The lowest BCUT2D eigenvalue weighted by Crippen LogP contribution is -1.97. The Morgan fingerprint density at radius 2 is 1.70 bits per heavy atom. The van der Waals surface area contributed by atoms with Crippen molar-refractivity contribution < 1.29 is 5.11 Å². The number of hydrogen-bond donors (Lipinski definition) is 2. The molecule has 0 saturated carbocycles. The Morgan fingerprint density at radius 1 is 1.20 bits per heavy atom. The molecule has 3 N–H and O–H groups in total. The molecule has 1 aromatic carbocycles. The topological polar surface area (TPSA) is 67.9 Å². The summed E-state index contributed by atoms with van der Waals surface area (Å²) >= 11 is 0. The minimum absolute atomic E-state index is 0.157. The predicted octanol–water partition coefficient (Wildman–Crippen LogP) is 1.00. The van der Waals surface area contributed by atoms with Crippen LogP contribution in [-0.2, 0) is 0 Å². The van der Waals surface area contributed by atoms with E-state index < -0.39 is 0 Å². The number of phenols is 1. The smallest absolute Gasteiger partial charge is 0.144 e. The molecule has 0 atom stereocenters. The highest BCUT2D eigenvalue weighted by molar-refractivity contribution is 5.94. The number of rotatable bonds is 1. The largest absolute Gasteiger partial charge is 0.508 e. The second-order valence-corrected chi connectivity index (χ2v) is 1.92. The summed E-state index contributed by atoms with van der Waals surface area (Å²) < 4.78 is 0. The molecule has 0 saturated heterocycles. The van der Waals surface area contributed by atoms with E-state index >= 15 is 0 Å². The Hall–Kier alpha value is -1.51. The Labute approximate surface area is 58.6 Å². The van der Waals surface area contributed by atoms with Gasteiger partial charge in [-0.3, -0.25) is 11.1 Å². The first-order chi connectivity index (χ1) is 4.70. The molecule has 0 bridgehead atoms. The number of aromatic hydroxyl groups is 1. The molecule has 1 radical (unpaired) electrons. The van der Waals surface area contributed by atoms with Crippen LogP contribution in [0.1, 0.15) is 5.56 Å². The summed E-state index contributed by atoms with van der Waals surface area (Å²) in [5, 5.41) is 15.7. The summed E-state index contributed by atoms with van der Waals surface area (Å²) in [5.41, 5.74) is 7.40. The minimum atomic E-state index is -0.236. The molecule has 0 aromatic heterocycles. The zero-order valence-electron chi connectivity index (χ0n) is 5.26. The molecule has 0 aliphatic heterocycles. The number of amidine groups is 1. The van der Waals surface area contributed by atoms with Gasteiger partial charge in [0.15, 0.2) is 0 Å². The minimum Gasteiger partial charge on any atom is -0.508 e. The second kappa shape index (κ2) is 2.39. The van der Waals surface area contributed by atoms with Gasteiger partial charge in [0.25, 0.3) is 0 Å². The van der Waals surface area contributed by atoms with Crippen molar-refractivity contribution in [2.24, 2.45) is 0 Å². The van der Waals surface area contributed by atoms with Crippen LogP contribution in [0, 0.1) is 5.41 Å². The highest BCUT2D eigenvalue weighted by Gasteiger charge is 1.94. The third kappa shape index (κ3) is 1.25. The molecular formula is C7H7N2O. The Kier molecular flexibility index (Phi) is 1.58. The third-order valence-corrected chi connectivity index (χ3v) is 1.16. The summed E-state index contributed by atoms with van der Waals surface area (Å²) in [4.78, 5) is 0. The molecule has 1 aromatic rings. The van der Waals surface area contributed by atoms with Gasteiger partial charge in [-0.1, -0.05) is 0 Å². The van der Waals surface area contributed by atoms with Crippen LogP contribution in [-0.4, -0.2) is 10.9 Å². The van der Waals surface area contributed by atoms with E-state index in [1.165, 1.54) is 24.3 Å². The van der Waals surface area contributed by atoms with Gasteiger partial charge in [0.1, 0.15) is 11.6 Å². The van der Waals surface area contributed by atoms with Gasteiger partial charge in [-0.25, -0.2) is 0 Å². The molecule has 3 heteroatoms. The highest BCUT2D eigenvalue weighted by Crippen LogP contribution is 2.08. The highest BCUT2D eigenvalue weighted by atomic mass is 16.3. The van der Waals surface area contributed by atoms with Crippen LogP contribution in [0.15, 0.2) is 24.3 Å². The van der Waals surface area contributed by atoms with E-state index in [4.69, 9.17) is 16.2 Å². The van der Waals surface area contributed by atoms with E-state index in [0.717, 1.165) is 0 Å². The van der Waals surface area contributed by atoms with Crippen LogP contribution < -0.4 is 5.73 Å². The van der Waals surface area contributed by atoms with Crippen molar-refractivity contribution in [3.05, 3.63) is 29.8 Å². The van der Waals surface area contributed by atoms with Gasteiger partial charge in [-0.05, 0) is 24.3 Å². The van der Waals surface area contributed by atoms with Crippen molar-refractivity contribution in [1.82, 2.24) is 5.73 Å². The zero-order valence-corrected chi connectivity index (χ0v) is 5.26. The van der Waals surface area contributed by atoms with E-state index in [-0.39, 0.29) is 11.6 Å². The van der Waals surface area contributed by atoms with Crippen molar-refractivity contribution in [2.75, 3.05) is 0 Å². The second-order valence-electron chi connectivity index (χ2n) is 1.92. The van der Waals surface area contributed by atoms with Gasteiger partial charge in [0, 0.05) is 5.56 Å². The summed E-state index contributed by atoms with van der Waals surface area (Å²) in [6.07, 6.45) is 0. The standard InChI is InChI=1S/C7H7N2O/c8-7(9)5-1-3-6(10)4-2-5/h1-4,8-10H. The molecular weight excluding hydrogens is 128 g/mol. The number of hydrogen-bond acceptors (Lipinski definition) is 2. The fraction of sp³-hybridized carbons (Fsp3) is 0. The average Bonchev–Trinajstić information content (AvgIpc) is 1.88. The van der Waals surface area contributed by atoms with Crippen LogP contribution in [0.3, 0.4) is 0 Å². The molecule has 0 aliphatic carbocycles. The zero-order chi connectivity index (χ0) is 7.56. The van der Waals surface area contributed by atoms with E-state index in [1.54, 1.807) is 0 Å². The number of benzene rings is 1.